The van der Waals surface area contributed by atoms with Crippen molar-refractivity contribution in [2.24, 2.45) is 11.8 Å². The Kier molecular flexibility index (Phi) is 22.9. The number of amides is 4. The molecule has 8 rings (SSSR count). The van der Waals surface area contributed by atoms with Gasteiger partial charge in [-0.2, -0.15) is 0 Å². The van der Waals surface area contributed by atoms with Gasteiger partial charge in [-0.3, -0.25) is 9.59 Å². The number of carbonyl (C=O) groups excluding carboxylic acids is 5. The first-order chi connectivity index (χ1) is 44.1. The molecule has 2 aliphatic heterocycles. The number of ether oxygens (including phenoxy) is 6. The number of phenols is 2. The smallest absolute Gasteiger partial charge is 0.507 e. The summed E-state index contributed by atoms with van der Waals surface area (Å²) in [5, 5.41) is 35.2. The SMILES string of the molecule is CN1CCC(c2c(O)cc(OC(=O)NCCCNC(=O)OC(C)(C)C)c3c(=O)cc(-c4ccccc4Cl)oc23)C(CC(C)(C)OC(=O)OC(C)(C)CC2CN(C)CCC2c2c(O)cc(OC(=O)NCCCNC(=O)OC(C)(C)C)c3c(=O)cc(-c4ccccc4Cl)oc23)C1. The number of likely N-dealkylation sites (tertiary alicyclic amines) is 2. The number of hydrogen-bond donors (Lipinski definition) is 6. The molecule has 6 aromatic rings. The number of rotatable bonds is 20. The summed E-state index contributed by atoms with van der Waals surface area (Å²) >= 11 is 13.3. The lowest BCUT2D eigenvalue weighted by Gasteiger charge is -2.42. The van der Waals surface area contributed by atoms with Gasteiger partial charge in [-0.05, 0) is 183 Å². The lowest BCUT2D eigenvalue weighted by Crippen LogP contribution is -2.44. The van der Waals surface area contributed by atoms with Crippen LogP contribution in [0.1, 0.15) is 131 Å². The number of piperidine rings is 2. The first-order valence-corrected chi connectivity index (χ1v) is 32.2. The molecule has 2 aliphatic rings. The van der Waals surface area contributed by atoms with Crippen molar-refractivity contribution in [3.8, 4) is 45.6 Å². The van der Waals surface area contributed by atoms with Gasteiger partial charge in [0.2, 0.25) is 0 Å². The summed E-state index contributed by atoms with van der Waals surface area (Å²) in [6.07, 6.45) is -2.00. The maximum atomic E-state index is 14.4. The number of hydrogen-bond acceptors (Lipinski definition) is 19. The van der Waals surface area contributed by atoms with Crippen LogP contribution in [0.4, 0.5) is 24.0 Å². The molecule has 0 saturated carbocycles. The van der Waals surface area contributed by atoms with E-state index in [1.54, 1.807) is 118 Å². The average Bonchev–Trinajstić information content (AvgIpc) is 0.752. The minimum atomic E-state index is -1.21. The summed E-state index contributed by atoms with van der Waals surface area (Å²) in [4.78, 5) is 98.3. The maximum absolute atomic E-state index is 14.4. The minimum absolute atomic E-state index is 0.0197. The van der Waals surface area contributed by atoms with Gasteiger partial charge in [-0.25, -0.2) is 24.0 Å². The van der Waals surface area contributed by atoms with Crippen LogP contribution in [0.25, 0.3) is 44.6 Å². The molecule has 2 saturated heterocycles. The Labute approximate surface area is 556 Å². The minimum Gasteiger partial charge on any atom is -0.507 e. The highest BCUT2D eigenvalue weighted by molar-refractivity contribution is 6.33. The van der Waals surface area contributed by atoms with Crippen LogP contribution in [0.5, 0.6) is 23.0 Å². The van der Waals surface area contributed by atoms with E-state index in [1.165, 1.54) is 24.3 Å². The molecular weight excluding hydrogens is 1260 g/mol. The topological polar surface area (TPSA) is 296 Å². The lowest BCUT2D eigenvalue weighted by molar-refractivity contribution is -0.0774. The van der Waals surface area contributed by atoms with E-state index in [4.69, 9.17) is 60.5 Å². The number of alkyl carbamates (subject to hydrolysis) is 2. The van der Waals surface area contributed by atoms with Crippen LogP contribution in [0, 0.1) is 11.8 Å². The van der Waals surface area contributed by atoms with E-state index in [0.29, 0.717) is 73.0 Å². The highest BCUT2D eigenvalue weighted by Gasteiger charge is 2.42. The second-order valence-corrected chi connectivity index (χ2v) is 28.2. The van der Waals surface area contributed by atoms with Gasteiger partial charge in [-0.15, -0.1) is 0 Å². The van der Waals surface area contributed by atoms with Crippen LogP contribution < -0.4 is 41.6 Å². The van der Waals surface area contributed by atoms with Crippen molar-refractivity contribution >= 4 is 75.7 Å². The molecule has 0 spiro atoms. The van der Waals surface area contributed by atoms with E-state index in [-0.39, 0.29) is 118 Å². The summed E-state index contributed by atoms with van der Waals surface area (Å²) in [5.74, 6) is -2.64. The van der Waals surface area contributed by atoms with Crippen LogP contribution in [-0.4, -0.2) is 139 Å². The van der Waals surface area contributed by atoms with Crippen LogP contribution in [-0.2, 0) is 18.9 Å². The van der Waals surface area contributed by atoms with Crippen LogP contribution in [0.2, 0.25) is 10.0 Å². The molecule has 0 radical (unpaired) electrons. The largest absolute Gasteiger partial charge is 0.509 e. The number of aromatic hydroxyl groups is 2. The molecule has 4 unspecified atom stereocenters. The number of halogens is 2. The summed E-state index contributed by atoms with van der Waals surface area (Å²) in [6, 6.07) is 18.6. The Hall–Kier alpha value is -8.25. The van der Waals surface area contributed by atoms with Gasteiger partial charge in [0.25, 0.3) is 0 Å². The highest BCUT2D eigenvalue weighted by atomic mass is 35.5. The quantitative estimate of drug-likeness (QED) is 0.0235. The fraction of sp³-hybridized carbons (Fsp3) is 0.493. The molecule has 23 nitrogen and oxygen atoms in total. The third-order valence-corrected chi connectivity index (χ3v) is 16.7. The lowest BCUT2D eigenvalue weighted by atomic mass is 9.75. The van der Waals surface area contributed by atoms with Gasteiger partial charge in [0.1, 0.15) is 67.4 Å². The Morgan fingerprint density at radius 3 is 1.23 bits per heavy atom. The van der Waals surface area contributed by atoms with Gasteiger partial charge >= 0.3 is 30.5 Å². The van der Waals surface area contributed by atoms with E-state index in [2.05, 4.69) is 31.1 Å². The van der Waals surface area contributed by atoms with Crippen molar-refractivity contribution in [3.05, 3.63) is 114 Å². The van der Waals surface area contributed by atoms with Crippen molar-refractivity contribution < 1.29 is 71.4 Å². The van der Waals surface area contributed by atoms with E-state index in [9.17, 15) is 43.8 Å². The zero-order chi connectivity index (χ0) is 68.6. The van der Waals surface area contributed by atoms with Crippen molar-refractivity contribution in [3.63, 3.8) is 0 Å². The fourth-order valence-corrected chi connectivity index (χ4v) is 12.8. The van der Waals surface area contributed by atoms with Crippen molar-refractivity contribution in [1.29, 1.82) is 0 Å². The van der Waals surface area contributed by atoms with Gasteiger partial charge in [0.05, 0.1) is 10.0 Å². The van der Waals surface area contributed by atoms with Crippen LogP contribution in [0.15, 0.2) is 91.2 Å². The molecule has 4 heterocycles. The molecule has 6 N–H and O–H groups in total. The van der Waals surface area contributed by atoms with E-state index < -0.39 is 75.6 Å². The van der Waals surface area contributed by atoms with E-state index in [1.807, 2.05) is 14.1 Å². The molecule has 4 atom stereocenters. The van der Waals surface area contributed by atoms with Crippen molar-refractivity contribution in [2.75, 3.05) is 66.5 Å². The molecule has 4 amide bonds. The average molecular weight is 1340 g/mol. The second-order valence-electron chi connectivity index (χ2n) is 27.3. The molecule has 0 aliphatic carbocycles. The zero-order valence-electron chi connectivity index (χ0n) is 55.3. The Balaban J connectivity index is 1.02. The summed E-state index contributed by atoms with van der Waals surface area (Å²) < 4.78 is 47.7. The predicted octanol–water partition coefficient (Wildman–Crippen LogP) is 13.2. The van der Waals surface area contributed by atoms with Gasteiger partial charge in [0.15, 0.2) is 22.4 Å². The number of nitrogens with zero attached hydrogens (tertiary/aromatic N) is 2. The first kappa shape index (κ1) is 71.6. The molecule has 94 heavy (non-hydrogen) atoms. The molecule has 0 bridgehead atoms. The normalized spacial score (nSPS) is 17.4. The molecule has 2 fully saturated rings. The first-order valence-electron chi connectivity index (χ1n) is 31.5. The third kappa shape index (κ3) is 19.0. The van der Waals surface area contributed by atoms with Crippen LogP contribution in [0.3, 0.4) is 0 Å². The number of nitrogens with one attached hydrogen (secondary N) is 4. The third-order valence-electron chi connectivity index (χ3n) is 16.1. The van der Waals surface area contributed by atoms with Crippen molar-refractivity contribution in [2.45, 2.75) is 142 Å². The molecular formula is C69H86Cl2N6O17. The Bertz CT molecular complexity index is 3650. The second kappa shape index (κ2) is 30.0. The molecule has 508 valence electrons. The maximum Gasteiger partial charge on any atom is 0.509 e. The molecule has 25 heteroatoms. The van der Waals surface area contributed by atoms with Gasteiger partial charge in [0, 0.05) is 85.8 Å². The molecule has 2 aromatic heterocycles. The molecule has 4 aromatic carbocycles. The number of phenolic OH excluding ortho intramolecular Hbond substituents is 2. The van der Waals surface area contributed by atoms with Crippen molar-refractivity contribution in [1.82, 2.24) is 31.1 Å². The van der Waals surface area contributed by atoms with Gasteiger partial charge in [-0.1, -0.05) is 47.5 Å². The highest BCUT2D eigenvalue weighted by Crippen LogP contribution is 2.50. The predicted molar refractivity (Wildman–Crippen MR) is 357 cm³/mol. The number of carbonyl (C=O) groups is 5. The van der Waals surface area contributed by atoms with E-state index in [0.717, 1.165) is 0 Å². The van der Waals surface area contributed by atoms with Gasteiger partial charge < -0.3 is 78.5 Å². The monoisotopic (exact) mass is 1340 g/mol. The van der Waals surface area contributed by atoms with Crippen LogP contribution >= 0.6 is 23.2 Å². The summed E-state index contributed by atoms with van der Waals surface area (Å²) in [6.45, 7) is 20.1. The van der Waals surface area contributed by atoms with E-state index >= 15 is 0 Å². The summed E-state index contributed by atoms with van der Waals surface area (Å²) in [5.41, 5.74) is -3.59. The zero-order valence-corrected chi connectivity index (χ0v) is 56.8. The Morgan fingerprint density at radius 2 is 0.883 bits per heavy atom. The number of benzene rings is 4. The summed E-state index contributed by atoms with van der Waals surface area (Å²) in [7, 11) is 3.91. The number of fused-ring (bicyclic) bond motifs is 2. The fourth-order valence-electron chi connectivity index (χ4n) is 12.3. The Morgan fingerprint density at radius 1 is 0.532 bits per heavy atom. The standard InChI is InChI=1S/C69H86Cl2N6O17/c1-66(2,3)91-63(84)74-27-17-25-72-61(82)89-53-33-47(78)55(59-57(53)49(80)31-51(87-59)43-19-13-15-21-45(43)70)41-23-29-76(11)37-39(41)35-68(7,8)93-65(86)94-69(9,10)36-40-38-77(12)30-24-42(40)56-48(79)34-54(90-62(83)73-26-18-28-75-64(85)92-67(4,5)6)58-50(81)32-52(88-60(56)58)44-20-14-16-22-46(44)71/h13-16,19-22,31-34,39-42,78-79H,17-18,23-30,35-38H2,1-12H3,(H,72,82)(H,73,83)(H,74,84)(H,75,85).